The number of halogens is 1. The van der Waals surface area contributed by atoms with Crippen LogP contribution in [0.25, 0.3) is 0 Å². The molecule has 2 rings (SSSR count). The maximum atomic E-state index is 13.4. The van der Waals surface area contributed by atoms with Gasteiger partial charge in [-0.05, 0) is 44.4 Å². The molecule has 1 atom stereocenters. The highest BCUT2D eigenvalue weighted by molar-refractivity contribution is 5.89. The van der Waals surface area contributed by atoms with Crippen LogP contribution in [0.1, 0.15) is 32.3 Å². The molecule has 0 saturated carbocycles. The predicted molar refractivity (Wildman–Crippen MR) is 79.4 cm³/mol. The Morgan fingerprint density at radius 1 is 1.41 bits per heavy atom. The van der Waals surface area contributed by atoms with Gasteiger partial charge in [-0.15, -0.1) is 0 Å². The van der Waals surface area contributed by atoms with E-state index < -0.39 is 22.7 Å². The highest BCUT2D eigenvalue weighted by Gasteiger charge is 2.43. The Bertz CT molecular complexity index is 603. The number of carbonyl (C=O) groups excluding carboxylic acids is 2. The van der Waals surface area contributed by atoms with Crippen molar-refractivity contribution in [2.75, 3.05) is 13.1 Å². The summed E-state index contributed by atoms with van der Waals surface area (Å²) in [6, 6.07) is 5.87. The number of amides is 2. The first-order valence-electron chi connectivity index (χ1n) is 7.24. The average molecular weight is 308 g/mol. The van der Waals surface area contributed by atoms with Crippen molar-refractivity contribution in [3.8, 4) is 0 Å². The van der Waals surface area contributed by atoms with E-state index in [1.807, 2.05) is 0 Å². The van der Waals surface area contributed by atoms with Crippen molar-refractivity contribution in [3.63, 3.8) is 0 Å². The van der Waals surface area contributed by atoms with Crippen molar-refractivity contribution in [1.82, 2.24) is 4.90 Å². The number of rotatable bonds is 3. The number of hydrogen-bond acceptors (Lipinski definition) is 3. The topological polar surface area (TPSA) is 83.6 Å². The molecule has 22 heavy (non-hydrogen) atoms. The lowest BCUT2D eigenvalue weighted by Gasteiger charge is -2.40. The molecule has 1 aliphatic rings. The molecule has 120 valence electrons. The van der Waals surface area contributed by atoms with Crippen molar-refractivity contribution in [3.05, 3.63) is 35.6 Å². The molecule has 1 aliphatic heterocycles. The number of benzene rings is 1. The summed E-state index contributed by atoms with van der Waals surface area (Å²) in [5.41, 5.74) is 3.13. The summed E-state index contributed by atoms with van der Waals surface area (Å²) in [6.07, 6.45) is 0.733. The van der Waals surface area contributed by atoms with Crippen LogP contribution in [0.5, 0.6) is 0 Å². The zero-order valence-corrected chi connectivity index (χ0v) is 12.8. The number of nitrogens with two attached hydrogens (primary N) is 1. The molecule has 1 aromatic carbocycles. The minimum Gasteiger partial charge on any atom is -0.378 e. The summed E-state index contributed by atoms with van der Waals surface area (Å²) in [5, 5.41) is 10.2. The third-order valence-corrected chi connectivity index (χ3v) is 4.30. The van der Waals surface area contributed by atoms with Crippen LogP contribution in [0.15, 0.2) is 24.3 Å². The van der Waals surface area contributed by atoms with Crippen LogP contribution in [0.3, 0.4) is 0 Å². The van der Waals surface area contributed by atoms with Gasteiger partial charge in [0.1, 0.15) is 5.82 Å². The third kappa shape index (κ3) is 2.97. The molecule has 0 radical (unpaired) electrons. The van der Waals surface area contributed by atoms with E-state index in [0.717, 1.165) is 0 Å². The second-order valence-corrected chi connectivity index (χ2v) is 6.36. The van der Waals surface area contributed by atoms with Gasteiger partial charge in [0.2, 0.25) is 5.91 Å². The van der Waals surface area contributed by atoms with Crippen LogP contribution in [0.2, 0.25) is 0 Å². The van der Waals surface area contributed by atoms with E-state index in [1.165, 1.54) is 17.0 Å². The van der Waals surface area contributed by atoms with Gasteiger partial charge in [0, 0.05) is 6.54 Å². The lowest BCUT2D eigenvalue weighted by Crippen LogP contribution is -2.59. The lowest BCUT2D eigenvalue weighted by molar-refractivity contribution is -0.151. The molecule has 0 unspecified atom stereocenters. The van der Waals surface area contributed by atoms with Gasteiger partial charge >= 0.3 is 0 Å². The maximum Gasteiger partial charge on any atom is 0.251 e. The number of primary amides is 1. The summed E-state index contributed by atoms with van der Waals surface area (Å²) in [5.74, 6) is -1.50. The Labute approximate surface area is 128 Å². The predicted octanol–water partition coefficient (Wildman–Crippen LogP) is 0.942. The summed E-state index contributed by atoms with van der Waals surface area (Å²) in [4.78, 5) is 25.6. The Balaban J connectivity index is 2.25. The van der Waals surface area contributed by atoms with Gasteiger partial charge < -0.3 is 15.7 Å². The van der Waals surface area contributed by atoms with Crippen molar-refractivity contribution in [2.45, 2.75) is 37.7 Å². The monoisotopic (exact) mass is 308 g/mol. The fraction of sp³-hybridized carbons (Fsp3) is 0.500. The summed E-state index contributed by atoms with van der Waals surface area (Å²) >= 11 is 0. The average Bonchev–Trinajstić information content (AvgIpc) is 2.46. The number of carbonyl (C=O) groups is 2. The molecule has 1 aromatic rings. The molecule has 1 fully saturated rings. The zero-order chi connectivity index (χ0) is 16.5. The molecular formula is C16H21FN2O3. The van der Waals surface area contributed by atoms with E-state index in [-0.39, 0.29) is 18.9 Å². The Morgan fingerprint density at radius 2 is 2.09 bits per heavy atom. The van der Waals surface area contributed by atoms with Gasteiger partial charge in [-0.3, -0.25) is 9.59 Å². The first-order chi connectivity index (χ1) is 10.2. The van der Waals surface area contributed by atoms with Crippen LogP contribution >= 0.6 is 0 Å². The molecule has 3 N–H and O–H groups in total. The van der Waals surface area contributed by atoms with Gasteiger partial charge in [0.05, 0.1) is 12.0 Å². The van der Waals surface area contributed by atoms with E-state index in [9.17, 15) is 19.1 Å². The van der Waals surface area contributed by atoms with E-state index in [4.69, 9.17) is 5.73 Å². The van der Waals surface area contributed by atoms with Crippen LogP contribution in [-0.2, 0) is 15.0 Å². The van der Waals surface area contributed by atoms with Crippen molar-refractivity contribution in [2.24, 2.45) is 5.73 Å². The Morgan fingerprint density at radius 3 is 2.68 bits per heavy atom. The molecule has 2 amide bonds. The molecular weight excluding hydrogens is 287 g/mol. The molecule has 0 spiro atoms. The second kappa shape index (κ2) is 5.68. The third-order valence-electron chi connectivity index (χ3n) is 4.30. The van der Waals surface area contributed by atoms with Crippen LogP contribution in [-0.4, -0.2) is 40.5 Å². The Hall–Kier alpha value is -1.95. The molecule has 5 nitrogen and oxygen atoms in total. The largest absolute Gasteiger partial charge is 0.378 e. The molecule has 0 aliphatic carbocycles. The molecule has 0 aromatic heterocycles. The van der Waals surface area contributed by atoms with E-state index in [0.29, 0.717) is 18.5 Å². The summed E-state index contributed by atoms with van der Waals surface area (Å²) in [6.45, 7) is 3.71. The summed E-state index contributed by atoms with van der Waals surface area (Å²) in [7, 11) is 0. The Kier molecular flexibility index (Phi) is 4.24. The van der Waals surface area contributed by atoms with Gasteiger partial charge in [-0.2, -0.15) is 0 Å². The highest BCUT2D eigenvalue weighted by atomic mass is 19.1. The van der Waals surface area contributed by atoms with Gasteiger partial charge in [0.15, 0.2) is 5.60 Å². The first kappa shape index (κ1) is 16.4. The summed E-state index contributed by atoms with van der Waals surface area (Å²) < 4.78 is 13.4. The van der Waals surface area contributed by atoms with Gasteiger partial charge in [0.25, 0.3) is 5.91 Å². The zero-order valence-electron chi connectivity index (χ0n) is 12.8. The van der Waals surface area contributed by atoms with Crippen LogP contribution in [0.4, 0.5) is 4.39 Å². The fourth-order valence-corrected chi connectivity index (χ4v) is 2.81. The van der Waals surface area contributed by atoms with Crippen molar-refractivity contribution in [1.29, 1.82) is 0 Å². The standard InChI is InChI=1S/C16H21FN2O3/c1-15(2,11-5-3-6-12(17)9-11)14(21)19-8-4-7-16(22,10-19)13(18)20/h3,5-6,9,22H,4,7-8,10H2,1-2H3,(H2,18,20)/t16-/m0/s1. The number of hydrogen-bond donors (Lipinski definition) is 2. The van der Waals surface area contributed by atoms with E-state index in [2.05, 4.69) is 0 Å². The molecule has 1 saturated heterocycles. The van der Waals surface area contributed by atoms with Crippen molar-refractivity contribution < 1.29 is 19.1 Å². The maximum absolute atomic E-state index is 13.4. The second-order valence-electron chi connectivity index (χ2n) is 6.36. The number of nitrogens with zero attached hydrogens (tertiary/aromatic N) is 1. The number of piperidine rings is 1. The first-order valence-corrected chi connectivity index (χ1v) is 7.24. The van der Waals surface area contributed by atoms with Gasteiger partial charge in [-0.25, -0.2) is 4.39 Å². The molecule has 0 bridgehead atoms. The normalized spacial score (nSPS) is 22.5. The van der Waals surface area contributed by atoms with E-state index in [1.54, 1.807) is 26.0 Å². The minimum atomic E-state index is -1.69. The minimum absolute atomic E-state index is 0.125. The number of β-amino-alcohol motifs (C(OH)–C–C–N with tert-alkyl or cyclic N) is 1. The smallest absolute Gasteiger partial charge is 0.251 e. The number of likely N-dealkylation sites (tertiary alicyclic amines) is 1. The lowest BCUT2D eigenvalue weighted by atomic mass is 9.81. The van der Waals surface area contributed by atoms with Gasteiger partial charge in [-0.1, -0.05) is 12.1 Å². The quantitative estimate of drug-likeness (QED) is 0.872. The fourth-order valence-electron chi connectivity index (χ4n) is 2.81. The number of aliphatic hydroxyl groups is 1. The van der Waals surface area contributed by atoms with Crippen molar-refractivity contribution >= 4 is 11.8 Å². The molecule has 6 heteroatoms. The van der Waals surface area contributed by atoms with Crippen LogP contribution in [0, 0.1) is 5.82 Å². The highest BCUT2D eigenvalue weighted by Crippen LogP contribution is 2.29. The SMILES string of the molecule is CC(C)(C(=O)N1CCC[C@@](O)(C(N)=O)C1)c1cccc(F)c1. The van der Waals surface area contributed by atoms with E-state index >= 15 is 0 Å². The molecule has 1 heterocycles. The van der Waals surface area contributed by atoms with Crippen LogP contribution < -0.4 is 5.73 Å².